The number of hydrogen-bond donors (Lipinski definition) is 2. The fraction of sp³-hybridized carbons (Fsp3) is 0.500. The highest BCUT2D eigenvalue weighted by Crippen LogP contribution is 2.29. The van der Waals surface area contributed by atoms with E-state index in [-0.39, 0.29) is 12.6 Å². The van der Waals surface area contributed by atoms with Crippen molar-refractivity contribution in [3.63, 3.8) is 0 Å². The van der Waals surface area contributed by atoms with Crippen LogP contribution in [0.2, 0.25) is 0 Å². The summed E-state index contributed by atoms with van der Waals surface area (Å²) in [6.45, 7) is 10.7. The number of carbonyl (C=O) groups excluding carboxylic acids is 2. The maximum absolute atomic E-state index is 12.6. The third-order valence-corrected chi connectivity index (χ3v) is 4.51. The number of anilines is 1. The number of benzene rings is 1. The van der Waals surface area contributed by atoms with Crippen LogP contribution < -0.4 is 15.5 Å². The summed E-state index contributed by atoms with van der Waals surface area (Å²) >= 11 is 0. The lowest BCUT2D eigenvalue weighted by atomic mass is 9.95. The smallest absolute Gasteiger partial charge is 0.338 e. The van der Waals surface area contributed by atoms with E-state index in [1.807, 2.05) is 31.2 Å². The average Bonchev–Trinajstić information content (AvgIpc) is 2.66. The second-order valence-corrected chi connectivity index (χ2v) is 6.17. The standard InChI is InChI=1S/C20H29N3O4/c1-5-23(6-2)16-10-8-15(9-11-16)18-17(14(4)21-20(25)22-18)19(24)27-13-12-26-7-3/h8-11,18H,5-7,12-13H2,1-4H3,(H2,21,22,25)/t18-/m0/s1. The monoisotopic (exact) mass is 375 g/mol. The Morgan fingerprint density at radius 2 is 1.78 bits per heavy atom. The first-order valence-electron chi connectivity index (χ1n) is 9.39. The summed E-state index contributed by atoms with van der Waals surface area (Å²) in [5.74, 6) is -0.461. The predicted octanol–water partition coefficient (Wildman–Crippen LogP) is 2.74. The summed E-state index contributed by atoms with van der Waals surface area (Å²) in [5.41, 5.74) is 2.84. The molecule has 1 aromatic carbocycles. The number of esters is 1. The molecule has 148 valence electrons. The lowest BCUT2D eigenvalue weighted by molar-refractivity contribution is -0.141. The normalized spacial score (nSPS) is 16.6. The van der Waals surface area contributed by atoms with Gasteiger partial charge in [0.05, 0.1) is 18.2 Å². The van der Waals surface area contributed by atoms with E-state index in [9.17, 15) is 9.59 Å². The zero-order chi connectivity index (χ0) is 19.8. The molecule has 7 heteroatoms. The Kier molecular flexibility index (Phi) is 7.67. The SMILES string of the molecule is CCOCCOC(=O)C1=C(C)NC(=O)N[C@H]1c1ccc(N(CC)CC)cc1. The molecule has 27 heavy (non-hydrogen) atoms. The van der Waals surface area contributed by atoms with Gasteiger partial charge >= 0.3 is 12.0 Å². The van der Waals surface area contributed by atoms with Gasteiger partial charge in [-0.1, -0.05) is 12.1 Å². The van der Waals surface area contributed by atoms with Crippen molar-refractivity contribution >= 4 is 17.7 Å². The Morgan fingerprint density at radius 3 is 2.37 bits per heavy atom. The first-order chi connectivity index (χ1) is 13.0. The van der Waals surface area contributed by atoms with E-state index in [2.05, 4.69) is 29.4 Å². The number of rotatable bonds is 9. The van der Waals surface area contributed by atoms with Crippen LogP contribution in [0, 0.1) is 0 Å². The molecule has 0 bridgehead atoms. The molecule has 0 radical (unpaired) electrons. The van der Waals surface area contributed by atoms with E-state index in [0.717, 1.165) is 24.3 Å². The number of ether oxygens (including phenoxy) is 2. The number of nitrogens with zero attached hydrogens (tertiary/aromatic N) is 1. The molecule has 1 atom stereocenters. The van der Waals surface area contributed by atoms with E-state index in [0.29, 0.717) is 24.5 Å². The summed E-state index contributed by atoms with van der Waals surface area (Å²) in [4.78, 5) is 26.8. The summed E-state index contributed by atoms with van der Waals surface area (Å²) in [7, 11) is 0. The molecule has 0 spiro atoms. The van der Waals surface area contributed by atoms with Crippen LogP contribution in [-0.2, 0) is 14.3 Å². The Bertz CT molecular complexity index is 681. The Hall–Kier alpha value is -2.54. The highest BCUT2D eigenvalue weighted by molar-refractivity contribution is 5.95. The first kappa shape index (κ1) is 20.8. The maximum Gasteiger partial charge on any atom is 0.338 e. The van der Waals surface area contributed by atoms with Crippen LogP contribution in [0.1, 0.15) is 39.3 Å². The summed E-state index contributed by atoms with van der Waals surface area (Å²) in [6, 6.07) is 6.99. The molecule has 1 aliphatic heterocycles. The Morgan fingerprint density at radius 1 is 1.11 bits per heavy atom. The number of carbonyl (C=O) groups is 2. The Balaban J connectivity index is 2.22. The second-order valence-electron chi connectivity index (χ2n) is 6.17. The van der Waals surface area contributed by atoms with Gasteiger partial charge in [-0.05, 0) is 45.4 Å². The number of hydrogen-bond acceptors (Lipinski definition) is 5. The molecule has 0 unspecified atom stereocenters. The molecule has 0 saturated carbocycles. The molecule has 1 heterocycles. The van der Waals surface area contributed by atoms with Gasteiger partial charge < -0.3 is 25.0 Å². The van der Waals surface area contributed by atoms with Crippen molar-refractivity contribution in [2.75, 3.05) is 37.8 Å². The van der Waals surface area contributed by atoms with Crippen LogP contribution >= 0.6 is 0 Å². The molecular formula is C20H29N3O4. The third-order valence-electron chi connectivity index (χ3n) is 4.51. The number of amides is 2. The summed E-state index contributed by atoms with van der Waals surface area (Å²) < 4.78 is 10.5. The topological polar surface area (TPSA) is 79.9 Å². The van der Waals surface area contributed by atoms with Crippen molar-refractivity contribution in [2.24, 2.45) is 0 Å². The fourth-order valence-electron chi connectivity index (χ4n) is 3.10. The van der Waals surface area contributed by atoms with Crippen molar-refractivity contribution in [1.82, 2.24) is 10.6 Å². The van der Waals surface area contributed by atoms with Gasteiger partial charge in [-0.25, -0.2) is 9.59 Å². The molecule has 1 aromatic rings. The quantitative estimate of drug-likeness (QED) is 0.512. The van der Waals surface area contributed by atoms with Crippen LogP contribution in [0.5, 0.6) is 0 Å². The molecular weight excluding hydrogens is 346 g/mol. The van der Waals surface area contributed by atoms with E-state index < -0.39 is 12.0 Å². The zero-order valence-electron chi connectivity index (χ0n) is 16.5. The van der Waals surface area contributed by atoms with Crippen molar-refractivity contribution in [2.45, 2.75) is 33.7 Å². The molecule has 2 amide bonds. The first-order valence-corrected chi connectivity index (χ1v) is 9.39. The number of nitrogens with one attached hydrogen (secondary N) is 2. The minimum atomic E-state index is -0.552. The molecule has 2 rings (SSSR count). The van der Waals surface area contributed by atoms with Crippen molar-refractivity contribution in [1.29, 1.82) is 0 Å². The molecule has 7 nitrogen and oxygen atoms in total. The van der Waals surface area contributed by atoms with E-state index >= 15 is 0 Å². The average molecular weight is 375 g/mol. The van der Waals surface area contributed by atoms with E-state index in [1.54, 1.807) is 6.92 Å². The van der Waals surface area contributed by atoms with Crippen LogP contribution in [0.15, 0.2) is 35.5 Å². The van der Waals surface area contributed by atoms with Gasteiger partial charge in [0.2, 0.25) is 0 Å². The molecule has 0 fully saturated rings. The van der Waals surface area contributed by atoms with Gasteiger partial charge in [-0.15, -0.1) is 0 Å². The van der Waals surface area contributed by atoms with E-state index in [4.69, 9.17) is 9.47 Å². The third kappa shape index (κ3) is 5.23. The lowest BCUT2D eigenvalue weighted by Gasteiger charge is -2.29. The predicted molar refractivity (Wildman–Crippen MR) is 105 cm³/mol. The molecule has 0 saturated heterocycles. The zero-order valence-corrected chi connectivity index (χ0v) is 16.5. The summed E-state index contributed by atoms with van der Waals surface area (Å²) in [6.07, 6.45) is 0. The van der Waals surface area contributed by atoms with Gasteiger partial charge in [0, 0.05) is 31.1 Å². The van der Waals surface area contributed by atoms with Crippen LogP contribution in [0.4, 0.5) is 10.5 Å². The Labute approximate surface area is 160 Å². The van der Waals surface area contributed by atoms with Crippen molar-refractivity contribution in [3.05, 3.63) is 41.1 Å². The van der Waals surface area contributed by atoms with Gasteiger partial charge in [-0.3, -0.25) is 0 Å². The molecule has 0 aromatic heterocycles. The van der Waals surface area contributed by atoms with Gasteiger partial charge in [0.25, 0.3) is 0 Å². The minimum absolute atomic E-state index is 0.172. The van der Waals surface area contributed by atoms with Crippen LogP contribution in [0.3, 0.4) is 0 Å². The van der Waals surface area contributed by atoms with Gasteiger partial charge in [0.1, 0.15) is 6.61 Å². The highest BCUT2D eigenvalue weighted by atomic mass is 16.6. The fourth-order valence-corrected chi connectivity index (χ4v) is 3.10. The molecule has 0 aliphatic carbocycles. The minimum Gasteiger partial charge on any atom is -0.460 e. The van der Waals surface area contributed by atoms with Crippen molar-refractivity contribution < 1.29 is 19.1 Å². The van der Waals surface area contributed by atoms with E-state index in [1.165, 1.54) is 0 Å². The van der Waals surface area contributed by atoms with Crippen LogP contribution in [0.25, 0.3) is 0 Å². The van der Waals surface area contributed by atoms with Gasteiger partial charge in [0.15, 0.2) is 0 Å². The van der Waals surface area contributed by atoms with Crippen molar-refractivity contribution in [3.8, 4) is 0 Å². The highest BCUT2D eigenvalue weighted by Gasteiger charge is 2.32. The molecule has 2 N–H and O–H groups in total. The number of urea groups is 1. The lowest BCUT2D eigenvalue weighted by Crippen LogP contribution is -2.45. The largest absolute Gasteiger partial charge is 0.460 e. The second kappa shape index (κ2) is 9.97. The molecule has 1 aliphatic rings. The number of allylic oxidation sites excluding steroid dienone is 1. The van der Waals surface area contributed by atoms with Crippen LogP contribution in [-0.4, -0.2) is 44.9 Å². The maximum atomic E-state index is 12.6. The summed E-state index contributed by atoms with van der Waals surface area (Å²) in [5, 5.41) is 5.47. The van der Waals surface area contributed by atoms with Gasteiger partial charge in [-0.2, -0.15) is 0 Å².